The Bertz CT molecular complexity index is 1520. The molecule has 1 heterocycles. The van der Waals surface area contributed by atoms with Gasteiger partial charge in [-0.15, -0.1) is 0 Å². The van der Waals surface area contributed by atoms with Gasteiger partial charge in [-0.25, -0.2) is 8.78 Å². The summed E-state index contributed by atoms with van der Waals surface area (Å²) in [6.45, 7) is 4.11. The molecule has 43 heavy (non-hydrogen) atoms. The Morgan fingerprint density at radius 2 is 1.42 bits per heavy atom. The van der Waals surface area contributed by atoms with E-state index in [4.69, 9.17) is 5.11 Å². The topological polar surface area (TPSA) is 112 Å². The molecular weight excluding hydrogens is 582 g/mol. The fraction of sp³-hybridized carbons (Fsp3) is 0.273. The van der Waals surface area contributed by atoms with Crippen LogP contribution in [0.1, 0.15) is 55.1 Å². The van der Waals surface area contributed by atoms with Crippen LogP contribution in [-0.2, 0) is 11.3 Å². The van der Waals surface area contributed by atoms with Gasteiger partial charge in [-0.3, -0.25) is 9.59 Å². The molecule has 4 rings (SSSR count). The van der Waals surface area contributed by atoms with Crippen molar-refractivity contribution in [2.45, 2.75) is 57.8 Å². The Labute approximate surface area is 279 Å². The van der Waals surface area contributed by atoms with Crippen LogP contribution in [0.3, 0.4) is 0 Å². The van der Waals surface area contributed by atoms with Gasteiger partial charge in [0.15, 0.2) is 0 Å². The van der Waals surface area contributed by atoms with Gasteiger partial charge in [-0.2, -0.15) is 0 Å². The van der Waals surface area contributed by atoms with Gasteiger partial charge < -0.3 is 25.2 Å². The van der Waals surface area contributed by atoms with Gasteiger partial charge in [0.25, 0.3) is 5.91 Å². The third-order valence-electron chi connectivity index (χ3n) is 7.00. The summed E-state index contributed by atoms with van der Waals surface area (Å²) < 4.78 is 29.5. The van der Waals surface area contributed by atoms with Gasteiger partial charge in [-0.05, 0) is 78.4 Å². The summed E-state index contributed by atoms with van der Waals surface area (Å²) in [5.74, 6) is -2.60. The number of aliphatic hydroxyl groups is 2. The van der Waals surface area contributed by atoms with Crippen molar-refractivity contribution in [1.82, 2.24) is 4.57 Å². The largest absolute Gasteiger partial charge is 0.481 e. The van der Waals surface area contributed by atoms with E-state index in [2.05, 4.69) is 5.32 Å². The van der Waals surface area contributed by atoms with Gasteiger partial charge in [0.05, 0.1) is 29.9 Å². The average Bonchev–Trinajstić information content (AvgIpc) is 3.29. The van der Waals surface area contributed by atoms with E-state index in [1.165, 1.54) is 36.4 Å². The number of carboxylic acids is 1. The van der Waals surface area contributed by atoms with Crippen molar-refractivity contribution in [3.05, 3.63) is 102 Å². The van der Waals surface area contributed by atoms with E-state index in [0.29, 0.717) is 33.8 Å². The summed E-state index contributed by atoms with van der Waals surface area (Å²) in [5.41, 5.74) is 4.14. The zero-order valence-corrected chi connectivity index (χ0v) is 26.3. The number of halogens is 2. The third-order valence-corrected chi connectivity index (χ3v) is 7.00. The Kier molecular flexibility index (Phi) is 12.5. The molecule has 0 saturated carbocycles. The molecule has 0 unspecified atom stereocenters. The molecular formula is C33H34CaF2N2O5. The van der Waals surface area contributed by atoms with Crippen molar-refractivity contribution in [1.29, 1.82) is 0 Å². The van der Waals surface area contributed by atoms with Crippen LogP contribution in [0.2, 0.25) is 0 Å². The van der Waals surface area contributed by atoms with Crippen molar-refractivity contribution < 1.29 is 33.7 Å². The normalized spacial score (nSPS) is 12.4. The molecule has 3 aromatic carbocycles. The number of nitrogens with one attached hydrogen (secondary N) is 1. The molecule has 0 aliphatic heterocycles. The minimum absolute atomic E-state index is 0. The van der Waals surface area contributed by atoms with Crippen LogP contribution in [0.25, 0.3) is 22.4 Å². The number of aromatic nitrogens is 1. The quantitative estimate of drug-likeness (QED) is 0.144. The molecule has 7 nitrogen and oxygen atoms in total. The summed E-state index contributed by atoms with van der Waals surface area (Å²) in [7, 11) is 0. The summed E-state index contributed by atoms with van der Waals surface area (Å²) in [6.07, 6.45) is -2.67. The van der Waals surface area contributed by atoms with Crippen LogP contribution in [0.5, 0.6) is 0 Å². The van der Waals surface area contributed by atoms with Gasteiger partial charge in [0.2, 0.25) is 0 Å². The Hall–Kier alpha value is -3.08. The maximum absolute atomic E-state index is 14.0. The molecule has 1 aromatic heterocycles. The van der Waals surface area contributed by atoms with Gasteiger partial charge >= 0.3 is 5.97 Å². The molecule has 222 valence electrons. The number of hydrogen-bond donors (Lipinski definition) is 4. The fourth-order valence-corrected chi connectivity index (χ4v) is 5.21. The number of amides is 1. The number of anilines is 1. The van der Waals surface area contributed by atoms with Crippen LogP contribution in [0.15, 0.2) is 78.9 Å². The number of nitrogens with zero attached hydrogens (tertiary/aromatic N) is 1. The van der Waals surface area contributed by atoms with Crippen molar-refractivity contribution in [2.75, 3.05) is 5.32 Å². The number of rotatable bonds is 12. The van der Waals surface area contributed by atoms with E-state index in [0.717, 1.165) is 5.56 Å². The number of aliphatic hydroxyl groups excluding tert-OH is 2. The van der Waals surface area contributed by atoms with Gasteiger partial charge in [0, 0.05) is 61.2 Å². The molecule has 0 bridgehead atoms. The van der Waals surface area contributed by atoms with E-state index in [-0.39, 0.29) is 63.0 Å². The monoisotopic (exact) mass is 616 g/mol. The van der Waals surface area contributed by atoms with E-state index in [1.54, 1.807) is 12.1 Å². The van der Waals surface area contributed by atoms with Crippen molar-refractivity contribution in [3.63, 3.8) is 0 Å². The number of benzene rings is 3. The fourth-order valence-electron chi connectivity index (χ4n) is 5.21. The van der Waals surface area contributed by atoms with Crippen LogP contribution >= 0.6 is 0 Å². The van der Waals surface area contributed by atoms with Crippen LogP contribution in [0, 0.1) is 11.6 Å². The molecule has 0 aliphatic rings. The minimum atomic E-state index is -1.21. The second-order valence-corrected chi connectivity index (χ2v) is 10.6. The summed E-state index contributed by atoms with van der Waals surface area (Å²) in [5, 5.41) is 32.6. The maximum Gasteiger partial charge on any atom is 0.305 e. The first-order valence-corrected chi connectivity index (χ1v) is 13.8. The first kappa shape index (κ1) is 34.4. The average molecular weight is 617 g/mol. The molecule has 2 radical (unpaired) electrons. The third kappa shape index (κ3) is 8.74. The van der Waals surface area contributed by atoms with Gasteiger partial charge in [-0.1, -0.05) is 44.2 Å². The van der Waals surface area contributed by atoms with Crippen molar-refractivity contribution in [3.8, 4) is 22.4 Å². The summed E-state index contributed by atoms with van der Waals surface area (Å²) in [6, 6.07) is 20.7. The molecule has 0 aliphatic carbocycles. The summed E-state index contributed by atoms with van der Waals surface area (Å²) in [4.78, 5) is 25.0. The predicted molar refractivity (Wildman–Crippen MR) is 163 cm³/mol. The molecule has 0 saturated heterocycles. The maximum atomic E-state index is 14.0. The second-order valence-electron chi connectivity index (χ2n) is 10.6. The van der Waals surface area contributed by atoms with Gasteiger partial charge in [0.1, 0.15) is 11.6 Å². The Morgan fingerprint density at radius 3 is 1.98 bits per heavy atom. The van der Waals surface area contributed by atoms with Crippen LogP contribution in [0.4, 0.5) is 14.5 Å². The first-order valence-electron chi connectivity index (χ1n) is 13.8. The minimum Gasteiger partial charge on any atom is -0.481 e. The molecule has 1 amide bonds. The van der Waals surface area contributed by atoms with Crippen LogP contribution in [-0.4, -0.2) is 81.7 Å². The van der Waals surface area contributed by atoms with E-state index < -0.39 is 42.1 Å². The number of hydrogen-bond acceptors (Lipinski definition) is 4. The Balaban J connectivity index is 0.00000506. The summed E-state index contributed by atoms with van der Waals surface area (Å²) >= 11 is 0. The molecule has 0 fully saturated rings. The standard InChI is InChI=1S/C33H34F2N2O5.Ca/c1-20(2)31-30(33(42)36-25-14-12-24(35)13-15-25)29(21-6-4-3-5-7-21)32(22-8-10-23(34)11-9-22)37(31)17-16-26(38)18-27(39)19-28(40)41;/h3-15,20,26-27,38-39H,16-19H2,1-2H3,(H,36,42)(H,40,41);/t26-,27-;/m1./s1. The number of aliphatic carboxylic acids is 1. The molecule has 10 heteroatoms. The van der Waals surface area contributed by atoms with Crippen molar-refractivity contribution in [2.24, 2.45) is 0 Å². The number of carbonyl (C=O) groups excluding carboxylic acids is 1. The smallest absolute Gasteiger partial charge is 0.305 e. The molecule has 4 N–H and O–H groups in total. The van der Waals surface area contributed by atoms with E-state index in [1.807, 2.05) is 48.7 Å². The molecule has 2 atom stereocenters. The Morgan fingerprint density at radius 1 is 0.837 bits per heavy atom. The van der Waals surface area contributed by atoms with Crippen LogP contribution < -0.4 is 5.32 Å². The van der Waals surface area contributed by atoms with E-state index in [9.17, 15) is 28.6 Å². The van der Waals surface area contributed by atoms with Crippen molar-refractivity contribution >= 4 is 55.3 Å². The number of carboxylic acid groups (broad SMARTS) is 1. The molecule has 0 spiro atoms. The zero-order valence-electron chi connectivity index (χ0n) is 24.1. The SMILES string of the molecule is CC(C)c1c(C(=O)Nc2ccc(F)cc2)c(-c2ccccc2)c(-c2ccc(F)cc2)n1CC[C@@H](O)C[C@@H](O)CC(=O)O.[Ca]. The number of carbonyl (C=O) groups is 2. The van der Waals surface area contributed by atoms with E-state index >= 15 is 0 Å². The first-order chi connectivity index (χ1) is 20.0. The molecule has 4 aromatic rings. The predicted octanol–water partition coefficient (Wildman–Crippen LogP) is 6.07. The zero-order chi connectivity index (χ0) is 30.4. The second kappa shape index (κ2) is 15.6.